The van der Waals surface area contributed by atoms with Crippen LogP contribution >= 0.6 is 0 Å². The molecule has 0 aromatic heterocycles. The van der Waals surface area contributed by atoms with Gasteiger partial charge in [-0.15, -0.1) is 0 Å². The van der Waals surface area contributed by atoms with Crippen LogP contribution in [0.1, 0.15) is 60.9 Å². The second-order valence-electron chi connectivity index (χ2n) is 8.18. The number of Topliss-reactive ketones (excluding diaryl/α,β-unsaturated/α-hetero) is 1. The van der Waals surface area contributed by atoms with E-state index in [1.165, 1.54) is 4.90 Å². The highest BCUT2D eigenvalue weighted by atomic mass is 16.4. The Morgan fingerprint density at radius 1 is 1.00 bits per heavy atom. The molecule has 0 saturated carbocycles. The van der Waals surface area contributed by atoms with E-state index in [0.717, 1.165) is 11.1 Å². The number of rotatable bonds is 7. The first kappa shape index (κ1) is 22.3. The van der Waals surface area contributed by atoms with Crippen molar-refractivity contribution in [1.82, 2.24) is 4.90 Å². The van der Waals surface area contributed by atoms with Crippen molar-refractivity contribution in [2.24, 2.45) is 0 Å². The molecule has 2 aromatic carbocycles. The molecule has 1 amide bonds. The number of carbonyl (C=O) groups is 3. The third-order valence-electron chi connectivity index (χ3n) is 5.57. The predicted octanol–water partition coefficient (Wildman–Crippen LogP) is 4.40. The van der Waals surface area contributed by atoms with Crippen molar-refractivity contribution in [2.45, 2.75) is 45.6 Å². The molecule has 1 saturated heterocycles. The molecule has 2 N–H and O–H groups in total. The third-order valence-corrected chi connectivity index (χ3v) is 5.57. The smallest absolute Gasteiger partial charge is 0.303 e. The van der Waals surface area contributed by atoms with Crippen molar-refractivity contribution in [3.05, 3.63) is 76.4 Å². The van der Waals surface area contributed by atoms with Crippen molar-refractivity contribution in [2.75, 3.05) is 6.54 Å². The van der Waals surface area contributed by atoms with Crippen LogP contribution in [-0.2, 0) is 14.4 Å². The lowest BCUT2D eigenvalue weighted by Crippen LogP contribution is -2.31. The van der Waals surface area contributed by atoms with E-state index in [9.17, 15) is 19.5 Å². The molecule has 0 radical (unpaired) electrons. The van der Waals surface area contributed by atoms with Crippen LogP contribution < -0.4 is 0 Å². The first-order chi connectivity index (χ1) is 14.7. The molecular formula is C25H27NO5. The van der Waals surface area contributed by atoms with E-state index >= 15 is 0 Å². The molecule has 1 fully saturated rings. The van der Waals surface area contributed by atoms with Gasteiger partial charge in [-0.3, -0.25) is 14.4 Å². The Morgan fingerprint density at radius 2 is 1.61 bits per heavy atom. The number of hydrogen-bond donors (Lipinski definition) is 2. The molecule has 1 aliphatic heterocycles. The van der Waals surface area contributed by atoms with Gasteiger partial charge in [0, 0.05) is 18.5 Å². The summed E-state index contributed by atoms with van der Waals surface area (Å²) in [6.07, 6.45) is 0.105. The van der Waals surface area contributed by atoms with Gasteiger partial charge in [-0.25, -0.2) is 0 Å². The number of aliphatic carboxylic acids is 1. The monoisotopic (exact) mass is 421 g/mol. The van der Waals surface area contributed by atoms with Crippen molar-refractivity contribution < 1.29 is 24.6 Å². The fraction of sp³-hybridized carbons (Fsp3) is 0.320. The summed E-state index contributed by atoms with van der Waals surface area (Å²) in [7, 11) is 0. The zero-order chi connectivity index (χ0) is 22.7. The second kappa shape index (κ2) is 9.16. The normalized spacial score (nSPS) is 18.1. The highest BCUT2D eigenvalue weighted by molar-refractivity contribution is 6.46. The number of ketones is 1. The molecule has 6 nitrogen and oxygen atoms in total. The molecular weight excluding hydrogens is 394 g/mol. The second-order valence-corrected chi connectivity index (χ2v) is 8.18. The number of carbonyl (C=O) groups excluding carboxylic acids is 2. The topological polar surface area (TPSA) is 94.9 Å². The average molecular weight is 421 g/mol. The van der Waals surface area contributed by atoms with Crippen LogP contribution in [-0.4, -0.2) is 39.3 Å². The minimum atomic E-state index is -0.964. The van der Waals surface area contributed by atoms with Gasteiger partial charge in [-0.1, -0.05) is 67.9 Å². The summed E-state index contributed by atoms with van der Waals surface area (Å²) in [6.45, 7) is 6.18. The van der Waals surface area contributed by atoms with Gasteiger partial charge in [0.2, 0.25) is 0 Å². The van der Waals surface area contributed by atoms with Gasteiger partial charge in [0.15, 0.2) is 0 Å². The number of likely N-dealkylation sites (tertiary alicyclic amines) is 1. The Kier molecular flexibility index (Phi) is 6.59. The fourth-order valence-corrected chi connectivity index (χ4v) is 3.79. The third kappa shape index (κ3) is 4.68. The van der Waals surface area contributed by atoms with E-state index < -0.39 is 23.7 Å². The summed E-state index contributed by atoms with van der Waals surface area (Å²) in [5, 5.41) is 20.0. The van der Waals surface area contributed by atoms with Crippen LogP contribution in [0.15, 0.2) is 54.1 Å². The standard InChI is InChI=1S/C25H27NO5/c1-15(2)17-10-12-18(13-11-17)22-21(23(29)19-8-6-16(3)7-9-19)24(30)25(31)26(22)14-4-5-20(27)28/h6-13,15,22,29H,4-5,14H2,1-3H3,(H,27,28)/b23-21+/t22-/m1/s1. The molecule has 31 heavy (non-hydrogen) atoms. The van der Waals surface area contributed by atoms with Gasteiger partial charge in [0.25, 0.3) is 11.7 Å². The first-order valence-corrected chi connectivity index (χ1v) is 10.4. The van der Waals surface area contributed by atoms with Gasteiger partial charge in [0.1, 0.15) is 5.76 Å². The summed E-state index contributed by atoms with van der Waals surface area (Å²) in [6, 6.07) is 13.9. The summed E-state index contributed by atoms with van der Waals surface area (Å²) in [5.74, 6) is -2.35. The minimum absolute atomic E-state index is 0.0291. The Balaban J connectivity index is 2.09. The van der Waals surface area contributed by atoms with E-state index in [1.54, 1.807) is 12.1 Å². The molecule has 2 aromatic rings. The lowest BCUT2D eigenvalue weighted by molar-refractivity contribution is -0.140. The summed E-state index contributed by atoms with van der Waals surface area (Å²) >= 11 is 0. The number of carboxylic acids is 1. The maximum Gasteiger partial charge on any atom is 0.303 e. The maximum atomic E-state index is 12.9. The SMILES string of the molecule is Cc1ccc(/C(O)=C2\C(=O)C(=O)N(CCCC(=O)O)[C@@H]2c2ccc(C(C)C)cc2)cc1. The highest BCUT2D eigenvalue weighted by Gasteiger charge is 2.45. The van der Waals surface area contributed by atoms with E-state index in [4.69, 9.17) is 5.11 Å². The van der Waals surface area contributed by atoms with Gasteiger partial charge < -0.3 is 15.1 Å². The number of amides is 1. The van der Waals surface area contributed by atoms with Crippen LogP contribution in [0.5, 0.6) is 0 Å². The number of hydrogen-bond acceptors (Lipinski definition) is 4. The van der Waals surface area contributed by atoms with Crippen LogP contribution in [0, 0.1) is 6.92 Å². The number of benzene rings is 2. The van der Waals surface area contributed by atoms with Gasteiger partial charge in [-0.2, -0.15) is 0 Å². The van der Waals surface area contributed by atoms with Crippen LogP contribution in [0.3, 0.4) is 0 Å². The molecule has 1 heterocycles. The molecule has 0 spiro atoms. The van der Waals surface area contributed by atoms with Crippen molar-refractivity contribution >= 4 is 23.4 Å². The quantitative estimate of drug-likeness (QED) is 0.392. The largest absolute Gasteiger partial charge is 0.507 e. The molecule has 3 rings (SSSR count). The molecule has 0 bridgehead atoms. The highest BCUT2D eigenvalue weighted by Crippen LogP contribution is 2.39. The molecule has 1 aliphatic rings. The van der Waals surface area contributed by atoms with E-state index in [-0.39, 0.29) is 30.7 Å². The zero-order valence-corrected chi connectivity index (χ0v) is 18.0. The van der Waals surface area contributed by atoms with Gasteiger partial charge in [-0.05, 0) is 30.4 Å². The van der Waals surface area contributed by atoms with Crippen LogP contribution in [0.4, 0.5) is 0 Å². The lowest BCUT2D eigenvalue weighted by Gasteiger charge is -2.25. The first-order valence-electron chi connectivity index (χ1n) is 10.4. The summed E-state index contributed by atoms with van der Waals surface area (Å²) < 4.78 is 0. The van der Waals surface area contributed by atoms with Gasteiger partial charge in [0.05, 0.1) is 11.6 Å². The Morgan fingerprint density at radius 3 is 2.16 bits per heavy atom. The minimum Gasteiger partial charge on any atom is -0.507 e. The van der Waals surface area contributed by atoms with Crippen LogP contribution in [0.2, 0.25) is 0 Å². The molecule has 1 atom stereocenters. The lowest BCUT2D eigenvalue weighted by atomic mass is 9.93. The van der Waals surface area contributed by atoms with E-state index in [2.05, 4.69) is 13.8 Å². The molecule has 162 valence electrons. The van der Waals surface area contributed by atoms with E-state index in [0.29, 0.717) is 17.0 Å². The zero-order valence-electron chi connectivity index (χ0n) is 18.0. The van der Waals surface area contributed by atoms with Gasteiger partial charge >= 0.3 is 5.97 Å². The number of aliphatic hydroxyl groups excluding tert-OH is 1. The Hall–Kier alpha value is -3.41. The van der Waals surface area contributed by atoms with Crippen LogP contribution in [0.25, 0.3) is 5.76 Å². The fourth-order valence-electron chi connectivity index (χ4n) is 3.79. The van der Waals surface area contributed by atoms with E-state index in [1.807, 2.05) is 43.3 Å². The maximum absolute atomic E-state index is 12.9. The summed E-state index contributed by atoms with van der Waals surface area (Å²) in [5.41, 5.74) is 3.31. The predicted molar refractivity (Wildman–Crippen MR) is 118 cm³/mol. The Bertz CT molecular complexity index is 1020. The molecule has 0 unspecified atom stereocenters. The Labute approximate surface area is 181 Å². The number of nitrogens with zero attached hydrogens (tertiary/aromatic N) is 1. The van der Waals surface area contributed by atoms with Crippen molar-refractivity contribution in [3.63, 3.8) is 0 Å². The van der Waals surface area contributed by atoms with Crippen molar-refractivity contribution in [1.29, 1.82) is 0 Å². The number of aryl methyl sites for hydroxylation is 1. The molecule has 6 heteroatoms. The van der Waals surface area contributed by atoms with Crippen molar-refractivity contribution in [3.8, 4) is 0 Å². The molecule has 0 aliphatic carbocycles. The summed E-state index contributed by atoms with van der Waals surface area (Å²) in [4.78, 5) is 38.1. The number of aliphatic hydroxyl groups is 1. The average Bonchev–Trinajstić information content (AvgIpc) is 2.98. The number of carboxylic acid groups (broad SMARTS) is 1.